The highest BCUT2D eigenvalue weighted by Crippen LogP contribution is 2.32. The minimum absolute atomic E-state index is 0.0941. The second-order valence-electron chi connectivity index (χ2n) is 5.36. The third-order valence-corrected chi connectivity index (χ3v) is 4.19. The van der Waals surface area contributed by atoms with E-state index in [4.69, 9.17) is 9.47 Å². The molecule has 138 valence electrons. The molecule has 10 heteroatoms. The Kier molecular flexibility index (Phi) is 4.86. The number of hydrogen-bond donors (Lipinski definition) is 0. The highest BCUT2D eigenvalue weighted by atomic mass is 32.1. The minimum Gasteiger partial charge on any atom is -0.472 e. The summed E-state index contributed by atoms with van der Waals surface area (Å²) in [5.74, 6) is 0.194. The molecule has 0 aromatic carbocycles. The molecule has 3 heterocycles. The van der Waals surface area contributed by atoms with Crippen molar-refractivity contribution in [1.82, 2.24) is 14.8 Å². The second-order valence-corrected chi connectivity index (χ2v) is 6.48. The molecular formula is C16H13F4N3O2S. The molecule has 0 N–H and O–H groups in total. The van der Waals surface area contributed by atoms with Gasteiger partial charge in [0.1, 0.15) is 6.61 Å². The molecule has 0 spiro atoms. The van der Waals surface area contributed by atoms with Crippen molar-refractivity contribution in [2.75, 3.05) is 0 Å². The van der Waals surface area contributed by atoms with Gasteiger partial charge in [-0.05, 0) is 25.1 Å². The number of nitrogens with zero attached hydrogens (tertiary/aromatic N) is 3. The number of rotatable bonds is 5. The number of thiophene rings is 1. The highest BCUT2D eigenvalue weighted by molar-refractivity contribution is 7.10. The molecule has 0 saturated carbocycles. The number of halogens is 4. The van der Waals surface area contributed by atoms with E-state index in [9.17, 15) is 17.6 Å². The van der Waals surface area contributed by atoms with Crippen LogP contribution in [0.25, 0.3) is 0 Å². The zero-order valence-electron chi connectivity index (χ0n) is 13.7. The van der Waals surface area contributed by atoms with Crippen LogP contribution in [-0.2, 0) is 19.8 Å². The maximum atomic E-state index is 13.0. The van der Waals surface area contributed by atoms with E-state index in [-0.39, 0.29) is 29.4 Å². The topological polar surface area (TPSA) is 49.2 Å². The molecule has 0 saturated heterocycles. The minimum atomic E-state index is -4.57. The summed E-state index contributed by atoms with van der Waals surface area (Å²) in [5, 5.41) is 3.06. The molecule has 0 bridgehead atoms. The van der Waals surface area contributed by atoms with Gasteiger partial charge in [0.15, 0.2) is 10.8 Å². The van der Waals surface area contributed by atoms with E-state index >= 15 is 0 Å². The zero-order valence-corrected chi connectivity index (χ0v) is 14.5. The Morgan fingerprint density at radius 2 is 1.96 bits per heavy atom. The smallest absolute Gasteiger partial charge is 0.435 e. The van der Waals surface area contributed by atoms with Gasteiger partial charge in [-0.15, -0.1) is 11.3 Å². The predicted molar refractivity (Wildman–Crippen MR) is 85.9 cm³/mol. The molecule has 0 aliphatic heterocycles. The Morgan fingerprint density at radius 3 is 2.58 bits per heavy atom. The summed E-state index contributed by atoms with van der Waals surface area (Å²) in [6, 6.07) is 6.98. The van der Waals surface area contributed by atoms with Crippen molar-refractivity contribution in [3.8, 4) is 17.6 Å². The van der Waals surface area contributed by atoms with E-state index in [1.807, 2.05) is 0 Å². The molecule has 26 heavy (non-hydrogen) atoms. The van der Waals surface area contributed by atoms with Crippen LogP contribution in [0.3, 0.4) is 0 Å². The van der Waals surface area contributed by atoms with E-state index < -0.39 is 11.9 Å². The molecule has 0 fully saturated rings. The van der Waals surface area contributed by atoms with Crippen LogP contribution in [0.15, 0.2) is 30.3 Å². The molecule has 3 rings (SSSR count). The first-order chi connectivity index (χ1) is 12.2. The van der Waals surface area contributed by atoms with Gasteiger partial charge in [0.05, 0.1) is 0 Å². The Balaban J connectivity index is 1.76. The first-order valence-corrected chi connectivity index (χ1v) is 8.18. The average Bonchev–Trinajstić information content (AvgIpc) is 3.14. The summed E-state index contributed by atoms with van der Waals surface area (Å²) in [6.07, 6.45) is -4.57. The maximum absolute atomic E-state index is 13.0. The summed E-state index contributed by atoms with van der Waals surface area (Å²) < 4.78 is 63.1. The van der Waals surface area contributed by atoms with Crippen LogP contribution in [0.1, 0.15) is 16.1 Å². The van der Waals surface area contributed by atoms with E-state index in [1.165, 1.54) is 13.1 Å². The second kappa shape index (κ2) is 6.94. The Morgan fingerprint density at radius 1 is 1.19 bits per heavy atom. The third kappa shape index (κ3) is 4.13. The Labute approximate surface area is 149 Å². The van der Waals surface area contributed by atoms with Crippen LogP contribution in [0, 0.1) is 12.1 Å². The van der Waals surface area contributed by atoms with Crippen molar-refractivity contribution in [1.29, 1.82) is 0 Å². The molecule has 0 aliphatic carbocycles. The van der Waals surface area contributed by atoms with Gasteiger partial charge in [0, 0.05) is 29.6 Å². The Bertz CT molecular complexity index is 921. The van der Waals surface area contributed by atoms with Gasteiger partial charge in [-0.3, -0.25) is 0 Å². The normalized spacial score (nSPS) is 11.6. The molecule has 0 amide bonds. The molecule has 3 aromatic heterocycles. The highest BCUT2D eigenvalue weighted by Gasteiger charge is 2.35. The molecule has 0 aliphatic rings. The SMILES string of the molecule is Cc1ccc(OCc2ccc(F)s2)nc1Oc1cc(C(F)(F)F)nn1C. The summed E-state index contributed by atoms with van der Waals surface area (Å²) in [6.45, 7) is 1.82. The molecule has 0 atom stereocenters. The van der Waals surface area contributed by atoms with Gasteiger partial charge >= 0.3 is 6.18 Å². The van der Waals surface area contributed by atoms with Gasteiger partial charge in [-0.25, -0.2) is 4.68 Å². The van der Waals surface area contributed by atoms with Crippen LogP contribution in [0.4, 0.5) is 17.6 Å². The lowest BCUT2D eigenvalue weighted by atomic mass is 10.3. The Hall–Kier alpha value is -2.62. The summed E-state index contributed by atoms with van der Waals surface area (Å²) in [5.41, 5.74) is -0.450. The standard InChI is InChI=1S/C16H13F4N3O2S/c1-9-3-6-13(24-8-10-4-5-12(17)26-10)21-15(9)25-14-7-11(16(18,19)20)22-23(14)2/h3-7H,8H2,1-2H3. The monoisotopic (exact) mass is 387 g/mol. The quantitative estimate of drug-likeness (QED) is 0.595. The molecule has 0 unspecified atom stereocenters. The van der Waals surface area contributed by atoms with Gasteiger partial charge in [0.25, 0.3) is 0 Å². The van der Waals surface area contributed by atoms with Gasteiger partial charge in [-0.2, -0.15) is 27.6 Å². The fourth-order valence-electron chi connectivity index (χ4n) is 2.03. The van der Waals surface area contributed by atoms with Gasteiger partial charge in [0.2, 0.25) is 17.6 Å². The number of aryl methyl sites for hydroxylation is 2. The predicted octanol–water partition coefficient (Wildman–Crippen LogP) is 4.71. The molecule has 3 aromatic rings. The van der Waals surface area contributed by atoms with Crippen LogP contribution in [-0.4, -0.2) is 14.8 Å². The van der Waals surface area contributed by atoms with E-state index in [0.717, 1.165) is 22.1 Å². The van der Waals surface area contributed by atoms with Crippen LogP contribution >= 0.6 is 11.3 Å². The summed E-state index contributed by atoms with van der Waals surface area (Å²) in [7, 11) is 1.34. The van der Waals surface area contributed by atoms with Crippen molar-refractivity contribution < 1.29 is 27.0 Å². The van der Waals surface area contributed by atoms with Crippen molar-refractivity contribution in [3.05, 3.63) is 51.6 Å². The fourth-order valence-corrected chi connectivity index (χ4v) is 2.67. The average molecular weight is 387 g/mol. The van der Waals surface area contributed by atoms with Gasteiger partial charge in [-0.1, -0.05) is 0 Å². The van der Waals surface area contributed by atoms with Crippen molar-refractivity contribution in [2.24, 2.45) is 7.05 Å². The summed E-state index contributed by atoms with van der Waals surface area (Å²) >= 11 is 0.955. The van der Waals surface area contributed by atoms with Gasteiger partial charge < -0.3 is 9.47 Å². The molecule has 5 nitrogen and oxygen atoms in total. The lowest BCUT2D eigenvalue weighted by Gasteiger charge is -2.10. The van der Waals surface area contributed by atoms with Crippen molar-refractivity contribution >= 4 is 11.3 Å². The molecular weight excluding hydrogens is 374 g/mol. The van der Waals surface area contributed by atoms with Crippen LogP contribution in [0.5, 0.6) is 17.6 Å². The van der Waals surface area contributed by atoms with Crippen molar-refractivity contribution in [3.63, 3.8) is 0 Å². The molecule has 0 radical (unpaired) electrons. The van der Waals surface area contributed by atoms with Crippen LogP contribution < -0.4 is 9.47 Å². The van der Waals surface area contributed by atoms with E-state index in [2.05, 4.69) is 10.1 Å². The maximum Gasteiger partial charge on any atom is 0.435 e. The number of ether oxygens (including phenoxy) is 2. The number of aromatic nitrogens is 3. The first kappa shape index (κ1) is 18.2. The van der Waals surface area contributed by atoms with Crippen molar-refractivity contribution in [2.45, 2.75) is 19.7 Å². The first-order valence-electron chi connectivity index (χ1n) is 7.36. The lowest BCUT2D eigenvalue weighted by molar-refractivity contribution is -0.141. The van der Waals surface area contributed by atoms with E-state index in [0.29, 0.717) is 10.4 Å². The largest absolute Gasteiger partial charge is 0.472 e. The summed E-state index contributed by atoms with van der Waals surface area (Å²) in [4.78, 5) is 4.82. The zero-order chi connectivity index (χ0) is 18.9. The van der Waals surface area contributed by atoms with E-state index in [1.54, 1.807) is 25.1 Å². The fraction of sp³-hybridized carbons (Fsp3) is 0.250. The van der Waals surface area contributed by atoms with Crippen LogP contribution in [0.2, 0.25) is 0 Å². The number of alkyl halides is 3. The number of pyridine rings is 1. The number of hydrogen-bond acceptors (Lipinski definition) is 5. The lowest BCUT2D eigenvalue weighted by Crippen LogP contribution is -2.06. The third-order valence-electron chi connectivity index (χ3n) is 3.34.